The molecule has 3 rings (SSSR count). The van der Waals surface area contributed by atoms with Crippen molar-refractivity contribution in [3.63, 3.8) is 0 Å². The van der Waals surface area contributed by atoms with Gasteiger partial charge in [0.15, 0.2) is 5.43 Å². The monoisotopic (exact) mass is 384 g/mol. The van der Waals surface area contributed by atoms with Crippen molar-refractivity contribution in [3.8, 4) is 11.3 Å². The lowest BCUT2D eigenvalue weighted by Gasteiger charge is -2.15. The van der Waals surface area contributed by atoms with Crippen molar-refractivity contribution in [2.45, 2.75) is 32.4 Å². The van der Waals surface area contributed by atoms with Gasteiger partial charge in [0, 0.05) is 10.1 Å². The molecule has 2 aromatic carbocycles. The number of para-hydroxylation sites is 1. The summed E-state index contributed by atoms with van der Waals surface area (Å²) in [5.74, 6) is 0. The van der Waals surface area contributed by atoms with Gasteiger partial charge in [0.25, 0.3) is 0 Å². The fraction of sp³-hybridized carbons (Fsp3) is 0.238. The fourth-order valence-electron chi connectivity index (χ4n) is 2.69. The van der Waals surface area contributed by atoms with Crippen molar-refractivity contribution in [1.82, 2.24) is 4.98 Å². The van der Waals surface area contributed by atoms with Gasteiger partial charge in [0.1, 0.15) is 0 Å². The number of halogens is 1. The average molecular weight is 385 g/mol. The molecule has 0 saturated heterocycles. The van der Waals surface area contributed by atoms with Gasteiger partial charge in [-0.05, 0) is 57.3 Å². The summed E-state index contributed by atoms with van der Waals surface area (Å²) in [4.78, 5) is 16.6. The highest BCUT2D eigenvalue weighted by Gasteiger charge is 2.18. The van der Waals surface area contributed by atoms with E-state index >= 15 is 0 Å². The van der Waals surface area contributed by atoms with Gasteiger partial charge in [-0.15, -0.1) is 0 Å². The SMILES string of the molecule is C/C(=N\SC(C)(C)C)c1c(-c2ccccc2)[nH]c2c(Cl)cccc2c1=O. The molecule has 0 atom stereocenters. The normalized spacial score (nSPS) is 12.6. The van der Waals surface area contributed by atoms with Crippen LogP contribution in [-0.2, 0) is 0 Å². The van der Waals surface area contributed by atoms with Crippen molar-refractivity contribution in [2.75, 3.05) is 0 Å². The summed E-state index contributed by atoms with van der Waals surface area (Å²) in [5, 5.41) is 1.10. The van der Waals surface area contributed by atoms with E-state index in [-0.39, 0.29) is 10.2 Å². The van der Waals surface area contributed by atoms with Crippen molar-refractivity contribution in [3.05, 3.63) is 69.3 Å². The molecule has 134 valence electrons. The zero-order valence-corrected chi connectivity index (χ0v) is 16.8. The van der Waals surface area contributed by atoms with Crippen LogP contribution in [0.2, 0.25) is 5.02 Å². The first kappa shape index (κ1) is 18.7. The molecular formula is C21H21ClN2OS. The number of hydrogen-bond donors (Lipinski definition) is 1. The van der Waals surface area contributed by atoms with E-state index in [1.807, 2.05) is 37.3 Å². The highest BCUT2D eigenvalue weighted by molar-refractivity contribution is 7.99. The zero-order valence-electron chi connectivity index (χ0n) is 15.3. The maximum Gasteiger partial charge on any atom is 0.199 e. The van der Waals surface area contributed by atoms with E-state index in [0.717, 1.165) is 11.3 Å². The molecule has 0 radical (unpaired) electrons. The van der Waals surface area contributed by atoms with Crippen LogP contribution in [0.3, 0.4) is 0 Å². The number of nitrogens with zero attached hydrogens (tertiary/aromatic N) is 1. The Morgan fingerprint density at radius 2 is 1.77 bits per heavy atom. The maximum atomic E-state index is 13.3. The van der Waals surface area contributed by atoms with Crippen molar-refractivity contribution < 1.29 is 0 Å². The maximum absolute atomic E-state index is 13.3. The Kier molecular flexibility index (Phi) is 5.26. The summed E-state index contributed by atoms with van der Waals surface area (Å²) in [7, 11) is 0. The van der Waals surface area contributed by atoms with Crippen molar-refractivity contribution in [1.29, 1.82) is 0 Å². The summed E-state index contributed by atoms with van der Waals surface area (Å²) in [6, 6.07) is 15.2. The van der Waals surface area contributed by atoms with Crippen LogP contribution in [-0.4, -0.2) is 15.4 Å². The fourth-order valence-corrected chi connectivity index (χ4v) is 3.42. The second-order valence-electron chi connectivity index (χ2n) is 7.11. The lowest BCUT2D eigenvalue weighted by Crippen LogP contribution is -2.18. The number of nitrogens with one attached hydrogen (secondary N) is 1. The van der Waals surface area contributed by atoms with Gasteiger partial charge in [-0.25, -0.2) is 4.40 Å². The smallest absolute Gasteiger partial charge is 0.199 e. The lowest BCUT2D eigenvalue weighted by atomic mass is 10.00. The molecule has 0 amide bonds. The largest absolute Gasteiger partial charge is 0.353 e. The van der Waals surface area contributed by atoms with E-state index in [0.29, 0.717) is 27.2 Å². The summed E-state index contributed by atoms with van der Waals surface area (Å²) in [6.07, 6.45) is 0. The van der Waals surface area contributed by atoms with E-state index in [9.17, 15) is 4.79 Å². The van der Waals surface area contributed by atoms with Gasteiger partial charge in [0.05, 0.1) is 27.5 Å². The molecule has 0 bridgehead atoms. The first-order valence-corrected chi connectivity index (χ1v) is 9.56. The third-order valence-electron chi connectivity index (χ3n) is 3.87. The molecule has 0 unspecified atom stereocenters. The van der Waals surface area contributed by atoms with Gasteiger partial charge in [-0.2, -0.15) is 0 Å². The molecule has 0 fully saturated rings. The quantitative estimate of drug-likeness (QED) is 0.437. The molecular weight excluding hydrogens is 364 g/mol. The number of pyridine rings is 1. The highest BCUT2D eigenvalue weighted by atomic mass is 35.5. The number of benzene rings is 2. The van der Waals surface area contributed by atoms with Crippen LogP contribution in [0.5, 0.6) is 0 Å². The van der Waals surface area contributed by atoms with Crippen LogP contribution in [0.25, 0.3) is 22.2 Å². The van der Waals surface area contributed by atoms with Gasteiger partial charge in [-0.3, -0.25) is 4.79 Å². The lowest BCUT2D eigenvalue weighted by molar-refractivity contribution is 0.804. The molecule has 0 spiro atoms. The summed E-state index contributed by atoms with van der Waals surface area (Å²) >= 11 is 7.80. The van der Waals surface area contributed by atoms with Crippen molar-refractivity contribution in [2.24, 2.45) is 4.40 Å². The van der Waals surface area contributed by atoms with Crippen LogP contribution >= 0.6 is 23.5 Å². The first-order chi connectivity index (χ1) is 12.3. The minimum absolute atomic E-state index is 0.0267. The van der Waals surface area contributed by atoms with E-state index in [1.165, 1.54) is 11.9 Å². The first-order valence-electron chi connectivity index (χ1n) is 8.41. The van der Waals surface area contributed by atoms with Crippen LogP contribution in [0, 0.1) is 0 Å². The van der Waals surface area contributed by atoms with Crippen LogP contribution in [0.4, 0.5) is 0 Å². The second kappa shape index (κ2) is 7.29. The van der Waals surface area contributed by atoms with Crippen LogP contribution in [0.15, 0.2) is 57.7 Å². The molecule has 0 aliphatic carbocycles. The average Bonchev–Trinajstić information content (AvgIpc) is 2.60. The second-order valence-corrected chi connectivity index (χ2v) is 9.11. The molecule has 5 heteroatoms. The Morgan fingerprint density at radius 3 is 2.42 bits per heavy atom. The molecule has 26 heavy (non-hydrogen) atoms. The third kappa shape index (κ3) is 3.87. The molecule has 0 aliphatic heterocycles. The molecule has 1 aromatic heterocycles. The van der Waals surface area contributed by atoms with Gasteiger partial charge in [-0.1, -0.05) is 48.0 Å². The van der Waals surface area contributed by atoms with E-state index < -0.39 is 0 Å². The standard InChI is InChI=1S/C21H21ClN2OS/c1-13(24-26-21(2,3)4)17-18(14-9-6-5-7-10-14)23-19-15(20(17)25)11-8-12-16(19)22/h5-12H,1-4H3,(H,23,25)/b24-13+. The van der Waals surface area contributed by atoms with E-state index in [2.05, 4.69) is 30.2 Å². The highest BCUT2D eigenvalue weighted by Crippen LogP contribution is 2.29. The Hall–Kier alpha value is -2.04. The number of rotatable bonds is 3. The Balaban J connectivity index is 2.33. The topological polar surface area (TPSA) is 45.2 Å². The molecule has 0 saturated carbocycles. The van der Waals surface area contributed by atoms with Crippen LogP contribution in [0.1, 0.15) is 33.3 Å². The molecule has 0 aliphatic rings. The van der Waals surface area contributed by atoms with E-state index in [1.54, 1.807) is 18.2 Å². The Bertz CT molecular complexity index is 1030. The minimum atomic E-state index is -0.0594. The predicted molar refractivity (Wildman–Crippen MR) is 115 cm³/mol. The van der Waals surface area contributed by atoms with Crippen LogP contribution < -0.4 is 5.43 Å². The number of hydrogen-bond acceptors (Lipinski definition) is 3. The van der Waals surface area contributed by atoms with E-state index in [4.69, 9.17) is 11.6 Å². The molecule has 1 N–H and O–H groups in total. The van der Waals surface area contributed by atoms with Gasteiger partial charge in [0.2, 0.25) is 0 Å². The van der Waals surface area contributed by atoms with Crippen molar-refractivity contribution >= 4 is 40.2 Å². The van der Waals surface area contributed by atoms with Gasteiger partial charge >= 0.3 is 0 Å². The number of aromatic nitrogens is 1. The third-order valence-corrected chi connectivity index (χ3v) is 5.09. The summed E-state index contributed by atoms with van der Waals surface area (Å²) in [5.41, 5.74) is 3.55. The number of aromatic amines is 1. The van der Waals surface area contributed by atoms with Gasteiger partial charge < -0.3 is 4.98 Å². The zero-order chi connectivity index (χ0) is 18.9. The molecule has 1 heterocycles. The minimum Gasteiger partial charge on any atom is -0.353 e. The summed E-state index contributed by atoms with van der Waals surface area (Å²) in [6.45, 7) is 8.16. The summed E-state index contributed by atoms with van der Waals surface area (Å²) < 4.78 is 4.60. The Morgan fingerprint density at radius 1 is 1.08 bits per heavy atom. The molecule has 3 aromatic rings. The predicted octanol–water partition coefficient (Wildman–Crippen LogP) is 6.10. The molecule has 3 nitrogen and oxygen atoms in total. The number of H-pyrrole nitrogens is 1. The number of fused-ring (bicyclic) bond motifs is 1. The Labute approximate surface area is 162 Å².